The van der Waals surface area contributed by atoms with E-state index in [4.69, 9.17) is 4.74 Å². The minimum absolute atomic E-state index is 0.397. The molecule has 12 heavy (non-hydrogen) atoms. The van der Waals surface area contributed by atoms with Crippen molar-refractivity contribution in [3.8, 4) is 0 Å². The van der Waals surface area contributed by atoms with Crippen LogP contribution in [-0.2, 0) is 4.74 Å². The third kappa shape index (κ3) is 9.70. The van der Waals surface area contributed by atoms with Crippen molar-refractivity contribution in [1.82, 2.24) is 0 Å². The van der Waals surface area contributed by atoms with Gasteiger partial charge in [0.2, 0.25) is 0 Å². The highest BCUT2D eigenvalue weighted by Crippen LogP contribution is 2.17. The second-order valence-electron chi connectivity index (χ2n) is 4.27. The lowest BCUT2D eigenvalue weighted by Crippen LogP contribution is -2.09. The summed E-state index contributed by atoms with van der Waals surface area (Å²) in [7, 11) is 0. The summed E-state index contributed by atoms with van der Waals surface area (Å²) in [6.45, 7) is 10.5. The van der Waals surface area contributed by atoms with Crippen molar-refractivity contribution in [3.05, 3.63) is 12.2 Å². The lowest BCUT2D eigenvalue weighted by Gasteiger charge is -2.17. The number of ether oxygens (including phenoxy) is 1. The predicted molar refractivity (Wildman–Crippen MR) is 54.3 cm³/mol. The minimum atomic E-state index is 0.397. The molecule has 0 aliphatic rings. The number of hydrogen-bond acceptors (Lipinski definition) is 1. The number of rotatable bonds is 5. The Morgan fingerprint density at radius 3 is 2.33 bits per heavy atom. The van der Waals surface area contributed by atoms with E-state index < -0.39 is 0 Å². The summed E-state index contributed by atoms with van der Waals surface area (Å²) in [6.07, 6.45) is 6.45. The van der Waals surface area contributed by atoms with Crippen LogP contribution in [0.1, 0.15) is 40.5 Å². The molecule has 0 aromatic carbocycles. The average Bonchev–Trinajstić information content (AvgIpc) is 1.94. The molecule has 0 amide bonds. The quantitative estimate of drug-likeness (QED) is 0.454. The van der Waals surface area contributed by atoms with Gasteiger partial charge >= 0.3 is 0 Å². The summed E-state index contributed by atoms with van der Waals surface area (Å²) in [6, 6.07) is 0. The second kappa shape index (κ2) is 6.24. The van der Waals surface area contributed by atoms with Gasteiger partial charge in [-0.05, 0) is 18.3 Å². The van der Waals surface area contributed by atoms with Crippen LogP contribution >= 0.6 is 0 Å². The van der Waals surface area contributed by atoms with Crippen molar-refractivity contribution in [2.45, 2.75) is 40.5 Å². The Hall–Kier alpha value is -0.300. The van der Waals surface area contributed by atoms with E-state index in [1.54, 1.807) is 0 Å². The van der Waals surface area contributed by atoms with Crippen LogP contribution < -0.4 is 0 Å². The molecule has 0 N–H and O–H groups in total. The van der Waals surface area contributed by atoms with Crippen molar-refractivity contribution in [1.29, 1.82) is 0 Å². The van der Waals surface area contributed by atoms with Crippen LogP contribution in [0, 0.1) is 5.41 Å². The van der Waals surface area contributed by atoms with Gasteiger partial charge in [-0.15, -0.1) is 0 Å². The van der Waals surface area contributed by atoms with E-state index in [9.17, 15) is 0 Å². The molecule has 0 heterocycles. The summed E-state index contributed by atoms with van der Waals surface area (Å²) in [4.78, 5) is 0. The van der Waals surface area contributed by atoms with Gasteiger partial charge in [0.05, 0.1) is 6.61 Å². The van der Waals surface area contributed by atoms with Crippen molar-refractivity contribution in [3.63, 3.8) is 0 Å². The van der Waals surface area contributed by atoms with E-state index in [0.29, 0.717) is 5.41 Å². The molecule has 0 saturated heterocycles. The lowest BCUT2D eigenvalue weighted by molar-refractivity contribution is 0.131. The lowest BCUT2D eigenvalue weighted by atomic mass is 9.93. The summed E-state index contributed by atoms with van der Waals surface area (Å²) in [5, 5.41) is 0. The van der Waals surface area contributed by atoms with Crippen LogP contribution in [0.25, 0.3) is 0 Å². The molecule has 0 bridgehead atoms. The zero-order valence-electron chi connectivity index (χ0n) is 8.89. The molecule has 72 valence electrons. The molecule has 0 spiro atoms. The molecule has 1 heteroatoms. The summed E-state index contributed by atoms with van der Waals surface area (Å²) in [5.41, 5.74) is 0.397. The molecule has 1 nitrogen and oxygen atoms in total. The Bertz CT molecular complexity index is 119. The molecule has 0 rings (SSSR count). The van der Waals surface area contributed by atoms with Crippen LogP contribution in [0.2, 0.25) is 0 Å². The molecular weight excluding hydrogens is 148 g/mol. The first-order valence-electron chi connectivity index (χ1n) is 4.79. The largest absolute Gasteiger partial charge is 0.377 e. The third-order valence-electron chi connectivity index (χ3n) is 1.61. The summed E-state index contributed by atoms with van der Waals surface area (Å²) < 4.78 is 5.42. The van der Waals surface area contributed by atoms with E-state index in [0.717, 1.165) is 26.1 Å². The molecule has 0 saturated carbocycles. The van der Waals surface area contributed by atoms with E-state index in [-0.39, 0.29) is 0 Å². The monoisotopic (exact) mass is 170 g/mol. The maximum atomic E-state index is 5.42. The smallest absolute Gasteiger partial charge is 0.0647 e. The maximum Gasteiger partial charge on any atom is 0.0647 e. The molecular formula is C11H22O. The first-order valence-corrected chi connectivity index (χ1v) is 4.79. The average molecular weight is 170 g/mol. The standard InChI is InChI=1S/C11H22O/c1-5-6-7-9-12-10-8-11(2,3)4/h6-7H,5,8-10H2,1-4H3/b7-6-. The number of allylic oxidation sites excluding steroid dienone is 1. The van der Waals surface area contributed by atoms with Crippen molar-refractivity contribution < 1.29 is 4.74 Å². The second-order valence-corrected chi connectivity index (χ2v) is 4.27. The maximum absolute atomic E-state index is 5.42. The molecule has 0 aliphatic carbocycles. The van der Waals surface area contributed by atoms with Crippen molar-refractivity contribution in [2.24, 2.45) is 5.41 Å². The topological polar surface area (TPSA) is 9.23 Å². The van der Waals surface area contributed by atoms with Crippen LogP contribution in [0.15, 0.2) is 12.2 Å². The van der Waals surface area contributed by atoms with Crippen LogP contribution in [-0.4, -0.2) is 13.2 Å². The van der Waals surface area contributed by atoms with Gasteiger partial charge in [0.1, 0.15) is 0 Å². The molecule has 0 aliphatic heterocycles. The third-order valence-corrected chi connectivity index (χ3v) is 1.61. The Labute approximate surface area is 76.8 Å². The molecule has 0 fully saturated rings. The Balaban J connectivity index is 3.17. The Morgan fingerprint density at radius 2 is 1.83 bits per heavy atom. The van der Waals surface area contributed by atoms with E-state index >= 15 is 0 Å². The first kappa shape index (κ1) is 11.7. The van der Waals surface area contributed by atoms with Crippen molar-refractivity contribution in [2.75, 3.05) is 13.2 Å². The molecule has 0 aromatic rings. The molecule has 0 atom stereocenters. The van der Waals surface area contributed by atoms with Gasteiger partial charge in [-0.2, -0.15) is 0 Å². The van der Waals surface area contributed by atoms with E-state index in [1.165, 1.54) is 0 Å². The fourth-order valence-electron chi connectivity index (χ4n) is 0.764. The summed E-state index contributed by atoms with van der Waals surface area (Å²) in [5.74, 6) is 0. The zero-order chi connectivity index (χ0) is 9.45. The minimum Gasteiger partial charge on any atom is -0.377 e. The number of hydrogen-bond donors (Lipinski definition) is 0. The van der Waals surface area contributed by atoms with Gasteiger partial charge in [-0.1, -0.05) is 39.8 Å². The van der Waals surface area contributed by atoms with Crippen molar-refractivity contribution >= 4 is 0 Å². The molecule has 0 radical (unpaired) electrons. The zero-order valence-corrected chi connectivity index (χ0v) is 8.89. The first-order chi connectivity index (χ1) is 5.56. The summed E-state index contributed by atoms with van der Waals surface area (Å²) >= 11 is 0. The van der Waals surface area contributed by atoms with Crippen LogP contribution in [0.5, 0.6) is 0 Å². The highest BCUT2D eigenvalue weighted by Gasteiger charge is 2.08. The van der Waals surface area contributed by atoms with Gasteiger partial charge in [0, 0.05) is 6.61 Å². The fraction of sp³-hybridized carbons (Fsp3) is 0.818. The molecule has 0 unspecified atom stereocenters. The molecule has 0 aromatic heterocycles. The highest BCUT2D eigenvalue weighted by molar-refractivity contribution is 4.79. The van der Waals surface area contributed by atoms with Gasteiger partial charge in [0.15, 0.2) is 0 Å². The van der Waals surface area contributed by atoms with Crippen LogP contribution in [0.3, 0.4) is 0 Å². The SMILES string of the molecule is CC/C=C\COCCC(C)(C)C. The predicted octanol–water partition coefficient (Wildman–Crippen LogP) is 3.41. The Kier molecular flexibility index (Phi) is 6.09. The van der Waals surface area contributed by atoms with Gasteiger partial charge < -0.3 is 4.74 Å². The van der Waals surface area contributed by atoms with Gasteiger partial charge in [0.25, 0.3) is 0 Å². The highest BCUT2D eigenvalue weighted by atomic mass is 16.5. The Morgan fingerprint density at radius 1 is 1.17 bits per heavy atom. The van der Waals surface area contributed by atoms with Gasteiger partial charge in [-0.25, -0.2) is 0 Å². The normalized spacial score (nSPS) is 12.7. The van der Waals surface area contributed by atoms with Crippen LogP contribution in [0.4, 0.5) is 0 Å². The fourth-order valence-corrected chi connectivity index (χ4v) is 0.764. The van der Waals surface area contributed by atoms with Gasteiger partial charge in [-0.3, -0.25) is 0 Å². The van der Waals surface area contributed by atoms with E-state index in [1.807, 2.05) is 0 Å². The van der Waals surface area contributed by atoms with E-state index in [2.05, 4.69) is 39.8 Å².